The Morgan fingerprint density at radius 2 is 1.97 bits per heavy atom. The van der Waals surface area contributed by atoms with E-state index in [1.165, 1.54) is 34.6 Å². The number of hydrogen-bond donors (Lipinski definition) is 1. The highest BCUT2D eigenvalue weighted by Crippen LogP contribution is 2.29. The van der Waals surface area contributed by atoms with E-state index in [1.54, 1.807) is 12.1 Å². The number of amides is 1. The molecule has 1 atom stereocenters. The normalized spacial score (nSPS) is 17.5. The highest BCUT2D eigenvalue weighted by Gasteiger charge is 2.30. The molecule has 8 nitrogen and oxygen atoms in total. The fraction of sp³-hybridized carbons (Fsp3) is 0.350. The van der Waals surface area contributed by atoms with Crippen molar-refractivity contribution in [2.24, 2.45) is 5.92 Å². The molecule has 1 N–H and O–H groups in total. The van der Waals surface area contributed by atoms with Crippen LogP contribution in [0.5, 0.6) is 0 Å². The smallest absolute Gasteiger partial charge is 0.269 e. The number of non-ortho nitro benzene ring substituents is 1. The Bertz CT molecular complexity index is 1060. The number of nitrogens with zero attached hydrogens (tertiary/aromatic N) is 2. The zero-order valence-corrected chi connectivity index (χ0v) is 17.9. The van der Waals surface area contributed by atoms with Crippen molar-refractivity contribution in [3.63, 3.8) is 0 Å². The van der Waals surface area contributed by atoms with Gasteiger partial charge in [0, 0.05) is 37.3 Å². The number of halogens is 1. The molecule has 0 spiro atoms. The molecular formula is C20H22ClN3O5S. The van der Waals surface area contributed by atoms with Gasteiger partial charge < -0.3 is 5.32 Å². The Morgan fingerprint density at radius 3 is 2.60 bits per heavy atom. The number of benzene rings is 2. The number of carbonyl (C=O) groups is 1. The van der Waals surface area contributed by atoms with Crippen LogP contribution in [0.15, 0.2) is 47.4 Å². The van der Waals surface area contributed by atoms with Crippen molar-refractivity contribution >= 4 is 33.2 Å². The standard InChI is InChI=1S/C20H22ClN3O5S/c1-14-3-2-10-23(13-14)30(28,29)19-11-16(6-9-18(19)21)20(25)22-12-15-4-7-17(8-5-15)24(26)27/h4-9,11,14H,2-3,10,12-13H2,1H3,(H,22,25). The summed E-state index contributed by atoms with van der Waals surface area (Å²) in [5, 5.41) is 13.5. The second kappa shape index (κ2) is 9.11. The van der Waals surface area contributed by atoms with Crippen molar-refractivity contribution in [2.75, 3.05) is 13.1 Å². The number of nitro benzene ring substituents is 1. The molecule has 160 valence electrons. The maximum atomic E-state index is 13.0. The first kappa shape index (κ1) is 22.2. The molecule has 2 aromatic carbocycles. The molecule has 1 amide bonds. The third kappa shape index (κ3) is 4.97. The van der Waals surface area contributed by atoms with Crippen LogP contribution in [0.3, 0.4) is 0 Å². The van der Waals surface area contributed by atoms with Gasteiger partial charge in [-0.1, -0.05) is 30.7 Å². The Hall–Kier alpha value is -2.49. The topological polar surface area (TPSA) is 110 Å². The minimum atomic E-state index is -3.80. The van der Waals surface area contributed by atoms with E-state index in [2.05, 4.69) is 5.32 Å². The number of nitro groups is 1. The number of piperidine rings is 1. The molecule has 10 heteroatoms. The Kier molecular flexibility index (Phi) is 6.74. The lowest BCUT2D eigenvalue weighted by Gasteiger charge is -2.30. The highest BCUT2D eigenvalue weighted by molar-refractivity contribution is 7.89. The summed E-state index contributed by atoms with van der Waals surface area (Å²) in [6.45, 7) is 3.01. The number of hydrogen-bond acceptors (Lipinski definition) is 5. The number of sulfonamides is 1. The van der Waals surface area contributed by atoms with Crippen molar-refractivity contribution in [3.05, 3.63) is 68.7 Å². The van der Waals surface area contributed by atoms with Crippen molar-refractivity contribution in [1.82, 2.24) is 9.62 Å². The number of carbonyl (C=O) groups excluding carboxylic acids is 1. The van der Waals surface area contributed by atoms with Crippen LogP contribution >= 0.6 is 11.6 Å². The van der Waals surface area contributed by atoms with Gasteiger partial charge in [0.2, 0.25) is 10.0 Å². The minimum absolute atomic E-state index is 0.0374. The number of nitrogens with one attached hydrogen (secondary N) is 1. The van der Waals surface area contributed by atoms with Gasteiger partial charge in [-0.25, -0.2) is 8.42 Å². The lowest BCUT2D eigenvalue weighted by Crippen LogP contribution is -2.39. The van der Waals surface area contributed by atoms with Crippen LogP contribution in [0.4, 0.5) is 5.69 Å². The first-order valence-corrected chi connectivity index (χ1v) is 11.3. The lowest BCUT2D eigenvalue weighted by atomic mass is 10.0. The van der Waals surface area contributed by atoms with E-state index in [-0.39, 0.29) is 33.6 Å². The third-order valence-corrected chi connectivity index (χ3v) is 7.38. The maximum Gasteiger partial charge on any atom is 0.269 e. The first-order chi connectivity index (χ1) is 14.2. The predicted molar refractivity (Wildman–Crippen MR) is 113 cm³/mol. The van der Waals surface area contributed by atoms with Gasteiger partial charge in [-0.2, -0.15) is 4.31 Å². The summed E-state index contributed by atoms with van der Waals surface area (Å²) >= 11 is 6.16. The van der Waals surface area contributed by atoms with E-state index < -0.39 is 20.9 Å². The average Bonchev–Trinajstić information content (AvgIpc) is 2.72. The Balaban J connectivity index is 1.75. The summed E-state index contributed by atoms with van der Waals surface area (Å²) in [4.78, 5) is 22.7. The molecule has 1 heterocycles. The fourth-order valence-corrected chi connectivity index (χ4v) is 5.46. The average molecular weight is 452 g/mol. The summed E-state index contributed by atoms with van der Waals surface area (Å²) in [5.74, 6) is -0.200. The highest BCUT2D eigenvalue weighted by atomic mass is 35.5. The van der Waals surface area contributed by atoms with Crippen molar-refractivity contribution < 1.29 is 18.1 Å². The van der Waals surface area contributed by atoms with Gasteiger partial charge in [-0.3, -0.25) is 14.9 Å². The number of rotatable bonds is 6. The van der Waals surface area contributed by atoms with Crippen LogP contribution in [0.25, 0.3) is 0 Å². The van der Waals surface area contributed by atoms with Crippen LogP contribution < -0.4 is 5.32 Å². The molecule has 1 fully saturated rings. The molecule has 1 unspecified atom stereocenters. The van der Waals surface area contributed by atoms with Crippen LogP contribution in [0, 0.1) is 16.0 Å². The molecule has 0 aliphatic carbocycles. The minimum Gasteiger partial charge on any atom is -0.348 e. The van der Waals surface area contributed by atoms with E-state index in [0.29, 0.717) is 18.7 Å². The summed E-state index contributed by atoms with van der Waals surface area (Å²) in [6, 6.07) is 9.97. The molecule has 3 rings (SSSR count). The van der Waals surface area contributed by atoms with Gasteiger partial charge in [-0.15, -0.1) is 0 Å². The van der Waals surface area contributed by atoms with Gasteiger partial charge in [0.05, 0.1) is 9.95 Å². The first-order valence-electron chi connectivity index (χ1n) is 9.49. The summed E-state index contributed by atoms with van der Waals surface area (Å²) in [5.41, 5.74) is 0.813. The van der Waals surface area contributed by atoms with Gasteiger partial charge >= 0.3 is 0 Å². The van der Waals surface area contributed by atoms with E-state index in [1.807, 2.05) is 6.92 Å². The zero-order valence-electron chi connectivity index (χ0n) is 16.4. The molecule has 0 saturated carbocycles. The van der Waals surface area contributed by atoms with Crippen molar-refractivity contribution in [2.45, 2.75) is 31.2 Å². The molecule has 0 radical (unpaired) electrons. The summed E-state index contributed by atoms with van der Waals surface area (Å²) in [6.07, 6.45) is 1.76. The van der Waals surface area contributed by atoms with Crippen LogP contribution in [0.1, 0.15) is 35.7 Å². The molecule has 1 saturated heterocycles. The van der Waals surface area contributed by atoms with E-state index in [9.17, 15) is 23.3 Å². The van der Waals surface area contributed by atoms with Crippen LogP contribution in [0.2, 0.25) is 5.02 Å². The lowest BCUT2D eigenvalue weighted by molar-refractivity contribution is -0.384. The quantitative estimate of drug-likeness (QED) is 0.533. The molecular weight excluding hydrogens is 430 g/mol. The van der Waals surface area contributed by atoms with Crippen molar-refractivity contribution in [3.8, 4) is 0 Å². The largest absolute Gasteiger partial charge is 0.348 e. The second-order valence-corrected chi connectivity index (χ2v) is 9.68. The third-order valence-electron chi connectivity index (χ3n) is 5.03. The zero-order chi connectivity index (χ0) is 21.9. The predicted octanol–water partition coefficient (Wildman–Crippen LogP) is 3.60. The Morgan fingerprint density at radius 1 is 1.27 bits per heavy atom. The molecule has 1 aliphatic heterocycles. The monoisotopic (exact) mass is 451 g/mol. The SMILES string of the molecule is CC1CCCN(S(=O)(=O)c2cc(C(=O)NCc3ccc([N+](=O)[O-])cc3)ccc2Cl)C1. The van der Waals surface area contributed by atoms with Gasteiger partial charge in [-0.05, 0) is 42.5 Å². The van der Waals surface area contributed by atoms with Gasteiger partial charge in [0.15, 0.2) is 0 Å². The summed E-state index contributed by atoms with van der Waals surface area (Å²) in [7, 11) is -3.80. The second-order valence-electron chi connectivity index (χ2n) is 7.36. The van der Waals surface area contributed by atoms with Crippen LogP contribution in [-0.4, -0.2) is 36.6 Å². The van der Waals surface area contributed by atoms with Crippen molar-refractivity contribution in [1.29, 1.82) is 0 Å². The van der Waals surface area contributed by atoms with Gasteiger partial charge in [0.1, 0.15) is 4.90 Å². The summed E-state index contributed by atoms with van der Waals surface area (Å²) < 4.78 is 27.5. The van der Waals surface area contributed by atoms with Crippen LogP contribution in [-0.2, 0) is 16.6 Å². The molecule has 30 heavy (non-hydrogen) atoms. The van der Waals surface area contributed by atoms with Gasteiger partial charge in [0.25, 0.3) is 11.6 Å². The maximum absolute atomic E-state index is 13.0. The fourth-order valence-electron chi connectivity index (χ4n) is 3.37. The molecule has 2 aromatic rings. The van der Waals surface area contributed by atoms with E-state index in [4.69, 9.17) is 11.6 Å². The Labute approximate surface area is 180 Å². The van der Waals surface area contributed by atoms with E-state index in [0.717, 1.165) is 12.8 Å². The molecule has 0 bridgehead atoms. The van der Waals surface area contributed by atoms with E-state index >= 15 is 0 Å². The molecule has 1 aliphatic rings. The molecule has 0 aromatic heterocycles.